The van der Waals surface area contributed by atoms with E-state index in [0.29, 0.717) is 5.75 Å². The minimum absolute atomic E-state index is 0.131. The van der Waals surface area contributed by atoms with Gasteiger partial charge in [-0.25, -0.2) is 0 Å². The zero-order valence-corrected chi connectivity index (χ0v) is 12.0. The summed E-state index contributed by atoms with van der Waals surface area (Å²) < 4.78 is 10.3. The summed E-state index contributed by atoms with van der Waals surface area (Å²) in [5.41, 5.74) is 0. The average molecular weight is 291 g/mol. The summed E-state index contributed by atoms with van der Waals surface area (Å²) in [5.74, 6) is 0.0657. The lowest BCUT2D eigenvalue weighted by molar-refractivity contribution is -0.149. The van der Waals surface area contributed by atoms with Gasteiger partial charge >= 0.3 is 5.97 Å². The van der Waals surface area contributed by atoms with Crippen molar-refractivity contribution < 1.29 is 19.1 Å². The van der Waals surface area contributed by atoms with Gasteiger partial charge in [0.15, 0.2) is 6.61 Å². The fourth-order valence-corrected chi connectivity index (χ4v) is 2.33. The molecule has 1 aromatic rings. The van der Waals surface area contributed by atoms with Crippen LogP contribution in [0.5, 0.6) is 5.75 Å². The minimum atomic E-state index is -0.424. The highest BCUT2D eigenvalue weighted by Gasteiger charge is 2.17. The van der Waals surface area contributed by atoms with E-state index in [1.807, 2.05) is 30.3 Å². The first kappa shape index (κ1) is 15.4. The van der Waals surface area contributed by atoms with Crippen LogP contribution >= 0.6 is 0 Å². The Balaban J connectivity index is 1.55. The third-order valence-corrected chi connectivity index (χ3v) is 3.40. The molecule has 0 aromatic heterocycles. The normalized spacial score (nSPS) is 14.7. The number of rotatable bonds is 7. The van der Waals surface area contributed by atoms with Gasteiger partial charge in [0.25, 0.3) is 5.91 Å². The molecule has 0 bridgehead atoms. The van der Waals surface area contributed by atoms with E-state index in [2.05, 4.69) is 5.32 Å². The van der Waals surface area contributed by atoms with E-state index in [0.717, 1.165) is 25.7 Å². The van der Waals surface area contributed by atoms with Gasteiger partial charge in [-0.15, -0.1) is 0 Å². The molecule has 21 heavy (non-hydrogen) atoms. The first-order valence-corrected chi connectivity index (χ1v) is 7.37. The Bertz CT molecular complexity index is 455. The maximum atomic E-state index is 11.6. The summed E-state index contributed by atoms with van der Waals surface area (Å²) >= 11 is 0. The molecule has 0 unspecified atom stereocenters. The van der Waals surface area contributed by atoms with Crippen molar-refractivity contribution in [1.82, 2.24) is 5.32 Å². The first-order chi connectivity index (χ1) is 10.2. The van der Waals surface area contributed by atoms with Gasteiger partial charge in [0.05, 0.1) is 13.0 Å². The molecule has 114 valence electrons. The van der Waals surface area contributed by atoms with Gasteiger partial charge in [0, 0.05) is 6.04 Å². The van der Waals surface area contributed by atoms with Crippen LogP contribution in [0.2, 0.25) is 0 Å². The molecule has 0 spiro atoms. The quantitative estimate of drug-likeness (QED) is 0.781. The predicted octanol–water partition coefficient (Wildman–Crippen LogP) is 2.06. The Kier molecular flexibility index (Phi) is 6.06. The molecule has 1 amide bonds. The highest BCUT2D eigenvalue weighted by atomic mass is 16.5. The van der Waals surface area contributed by atoms with Crippen molar-refractivity contribution in [2.24, 2.45) is 0 Å². The topological polar surface area (TPSA) is 64.6 Å². The molecule has 5 heteroatoms. The van der Waals surface area contributed by atoms with Crippen molar-refractivity contribution in [3.05, 3.63) is 30.3 Å². The Hall–Kier alpha value is -2.04. The van der Waals surface area contributed by atoms with Gasteiger partial charge in [-0.1, -0.05) is 31.0 Å². The van der Waals surface area contributed by atoms with E-state index >= 15 is 0 Å². The third kappa shape index (κ3) is 5.85. The molecule has 1 fully saturated rings. The molecule has 1 aliphatic rings. The Labute approximate surface area is 124 Å². The molecule has 0 saturated heterocycles. The van der Waals surface area contributed by atoms with Crippen molar-refractivity contribution >= 4 is 11.9 Å². The number of hydrogen-bond donors (Lipinski definition) is 1. The molecular weight excluding hydrogens is 270 g/mol. The van der Waals surface area contributed by atoms with Crippen LogP contribution < -0.4 is 10.1 Å². The van der Waals surface area contributed by atoms with Crippen LogP contribution in [-0.4, -0.2) is 31.1 Å². The third-order valence-electron chi connectivity index (χ3n) is 3.40. The second-order valence-corrected chi connectivity index (χ2v) is 5.12. The van der Waals surface area contributed by atoms with Gasteiger partial charge < -0.3 is 14.8 Å². The van der Waals surface area contributed by atoms with E-state index in [1.165, 1.54) is 0 Å². The summed E-state index contributed by atoms with van der Waals surface area (Å²) in [5, 5.41) is 2.87. The van der Waals surface area contributed by atoms with Crippen LogP contribution in [0.3, 0.4) is 0 Å². The largest absolute Gasteiger partial charge is 0.493 e. The van der Waals surface area contributed by atoms with Crippen molar-refractivity contribution in [2.75, 3.05) is 13.2 Å². The lowest BCUT2D eigenvalue weighted by atomic mass is 10.2. The van der Waals surface area contributed by atoms with E-state index in [4.69, 9.17) is 9.47 Å². The van der Waals surface area contributed by atoms with Gasteiger partial charge in [0.1, 0.15) is 5.75 Å². The number of esters is 1. The van der Waals surface area contributed by atoms with Crippen LogP contribution in [0.15, 0.2) is 30.3 Å². The predicted molar refractivity (Wildman–Crippen MR) is 77.9 cm³/mol. The van der Waals surface area contributed by atoms with Crippen molar-refractivity contribution in [2.45, 2.75) is 38.1 Å². The van der Waals surface area contributed by atoms with E-state index in [-0.39, 0.29) is 31.6 Å². The maximum absolute atomic E-state index is 11.6. The molecule has 2 rings (SSSR count). The highest BCUT2D eigenvalue weighted by molar-refractivity contribution is 5.80. The monoisotopic (exact) mass is 291 g/mol. The number of nitrogens with one attached hydrogen (secondary N) is 1. The summed E-state index contributed by atoms with van der Waals surface area (Å²) in [6.45, 7) is 0.0355. The first-order valence-electron chi connectivity index (χ1n) is 7.37. The SMILES string of the molecule is O=C(COC(=O)CCOc1ccccc1)NC1CCCC1. The van der Waals surface area contributed by atoms with Crippen LogP contribution in [-0.2, 0) is 14.3 Å². The van der Waals surface area contributed by atoms with Crippen LogP contribution in [0.25, 0.3) is 0 Å². The number of benzene rings is 1. The molecule has 1 N–H and O–H groups in total. The number of carbonyl (C=O) groups excluding carboxylic acids is 2. The average Bonchev–Trinajstić information content (AvgIpc) is 2.99. The maximum Gasteiger partial charge on any atom is 0.309 e. The van der Waals surface area contributed by atoms with Gasteiger partial charge in [-0.05, 0) is 25.0 Å². The zero-order chi connectivity index (χ0) is 14.9. The van der Waals surface area contributed by atoms with Gasteiger partial charge in [0.2, 0.25) is 0 Å². The van der Waals surface area contributed by atoms with E-state index in [1.54, 1.807) is 0 Å². The fourth-order valence-electron chi connectivity index (χ4n) is 2.33. The lowest BCUT2D eigenvalue weighted by Crippen LogP contribution is -2.36. The number of hydrogen-bond acceptors (Lipinski definition) is 4. The fraction of sp³-hybridized carbons (Fsp3) is 0.500. The van der Waals surface area contributed by atoms with Crippen molar-refractivity contribution in [3.63, 3.8) is 0 Å². The van der Waals surface area contributed by atoms with Crippen LogP contribution in [0, 0.1) is 0 Å². The molecule has 0 aliphatic heterocycles. The lowest BCUT2D eigenvalue weighted by Gasteiger charge is -2.12. The Morgan fingerprint density at radius 1 is 1.14 bits per heavy atom. The summed E-state index contributed by atoms with van der Waals surface area (Å²) in [4.78, 5) is 23.1. The molecule has 5 nitrogen and oxygen atoms in total. The highest BCUT2D eigenvalue weighted by Crippen LogP contribution is 2.17. The molecule has 0 heterocycles. The second kappa shape index (κ2) is 8.29. The summed E-state index contributed by atoms with van der Waals surface area (Å²) in [7, 11) is 0. The van der Waals surface area contributed by atoms with Gasteiger partial charge in [-0.2, -0.15) is 0 Å². The summed E-state index contributed by atoms with van der Waals surface area (Å²) in [6.07, 6.45) is 4.48. The molecule has 1 aliphatic carbocycles. The van der Waals surface area contributed by atoms with Crippen molar-refractivity contribution in [3.8, 4) is 5.75 Å². The second-order valence-electron chi connectivity index (χ2n) is 5.12. The Morgan fingerprint density at radius 2 is 1.86 bits per heavy atom. The van der Waals surface area contributed by atoms with Gasteiger partial charge in [-0.3, -0.25) is 9.59 Å². The standard InChI is InChI=1S/C16H21NO4/c18-15(17-13-6-4-5-7-13)12-21-16(19)10-11-20-14-8-2-1-3-9-14/h1-3,8-9,13H,4-7,10-12H2,(H,17,18). The number of amides is 1. The molecule has 0 radical (unpaired) electrons. The number of para-hydroxylation sites is 1. The smallest absolute Gasteiger partial charge is 0.309 e. The van der Waals surface area contributed by atoms with E-state index < -0.39 is 5.97 Å². The molecule has 0 atom stereocenters. The number of ether oxygens (including phenoxy) is 2. The van der Waals surface area contributed by atoms with Crippen LogP contribution in [0.1, 0.15) is 32.1 Å². The minimum Gasteiger partial charge on any atom is -0.493 e. The molecule has 1 saturated carbocycles. The summed E-state index contributed by atoms with van der Waals surface area (Å²) in [6, 6.07) is 9.50. The Morgan fingerprint density at radius 3 is 2.57 bits per heavy atom. The molecular formula is C16H21NO4. The van der Waals surface area contributed by atoms with Crippen molar-refractivity contribution in [1.29, 1.82) is 0 Å². The number of carbonyl (C=O) groups is 2. The zero-order valence-electron chi connectivity index (χ0n) is 12.0. The molecule has 1 aromatic carbocycles. The van der Waals surface area contributed by atoms with Crippen LogP contribution in [0.4, 0.5) is 0 Å². The van der Waals surface area contributed by atoms with E-state index in [9.17, 15) is 9.59 Å².